The van der Waals surface area contributed by atoms with Gasteiger partial charge in [-0.3, -0.25) is 4.79 Å². The fourth-order valence-corrected chi connectivity index (χ4v) is 1.29. The second kappa shape index (κ2) is 4.73. The highest BCUT2D eigenvalue weighted by Gasteiger charge is 2.39. The van der Waals surface area contributed by atoms with Gasteiger partial charge in [0, 0.05) is 6.07 Å². The highest BCUT2D eigenvalue weighted by molar-refractivity contribution is 6.36. The van der Waals surface area contributed by atoms with Crippen molar-refractivity contribution in [3.63, 3.8) is 0 Å². The number of aromatic carboxylic acids is 1. The number of halogens is 4. The van der Waals surface area contributed by atoms with Gasteiger partial charge >= 0.3 is 18.1 Å². The number of rotatable bonds is 2. The molecule has 0 spiro atoms. The molecular weight excluding hydrogens is 279 g/mol. The number of carboxylic acids is 1. The maximum absolute atomic E-state index is 12.0. The number of hydrogen-bond donors (Lipinski definition) is 3. The summed E-state index contributed by atoms with van der Waals surface area (Å²) in [6.45, 7) is 0. The molecule has 9 heteroatoms. The van der Waals surface area contributed by atoms with E-state index in [1.165, 1.54) is 5.32 Å². The molecule has 0 heterocycles. The third-order valence-electron chi connectivity index (χ3n) is 1.79. The van der Waals surface area contributed by atoms with Crippen molar-refractivity contribution >= 4 is 29.2 Å². The molecule has 1 amide bonds. The number of nitrogens with one attached hydrogen (secondary N) is 1. The number of carbonyl (C=O) groups is 2. The third kappa shape index (κ3) is 3.04. The van der Waals surface area contributed by atoms with E-state index in [4.69, 9.17) is 21.8 Å². The van der Waals surface area contributed by atoms with Crippen LogP contribution < -0.4 is 5.32 Å². The molecule has 1 aromatic carbocycles. The molecule has 0 saturated heterocycles. The quantitative estimate of drug-likeness (QED) is 0.777. The first-order valence-electron chi connectivity index (χ1n) is 4.27. The number of anilines is 1. The normalized spacial score (nSPS) is 11.1. The minimum atomic E-state index is -5.15. The van der Waals surface area contributed by atoms with Crippen LogP contribution in [0.4, 0.5) is 18.9 Å². The predicted molar refractivity (Wildman–Crippen MR) is 54.8 cm³/mol. The molecule has 0 saturated carbocycles. The van der Waals surface area contributed by atoms with E-state index in [-0.39, 0.29) is 0 Å². The second-order valence-electron chi connectivity index (χ2n) is 3.11. The summed E-state index contributed by atoms with van der Waals surface area (Å²) in [5, 5.41) is 18.6. The van der Waals surface area contributed by atoms with Gasteiger partial charge in [0.25, 0.3) is 0 Å². The van der Waals surface area contributed by atoms with Crippen molar-refractivity contribution in [2.24, 2.45) is 0 Å². The predicted octanol–water partition coefficient (Wildman–Crippen LogP) is 2.24. The van der Waals surface area contributed by atoms with Crippen LogP contribution in [-0.4, -0.2) is 28.3 Å². The van der Waals surface area contributed by atoms with E-state index in [9.17, 15) is 22.8 Å². The Balaban J connectivity index is 3.18. The Kier molecular flexibility index (Phi) is 3.70. The largest absolute Gasteiger partial charge is 0.508 e. The van der Waals surface area contributed by atoms with E-state index in [0.717, 1.165) is 6.07 Å². The van der Waals surface area contributed by atoms with Gasteiger partial charge in [-0.05, 0) is 6.07 Å². The zero-order valence-electron chi connectivity index (χ0n) is 8.38. The Hall–Kier alpha value is -1.96. The van der Waals surface area contributed by atoms with Crippen LogP contribution >= 0.6 is 11.6 Å². The van der Waals surface area contributed by atoms with Crippen LogP contribution in [0.2, 0.25) is 5.02 Å². The van der Waals surface area contributed by atoms with Gasteiger partial charge in [0.1, 0.15) is 5.75 Å². The zero-order valence-corrected chi connectivity index (χ0v) is 9.13. The molecule has 0 aromatic heterocycles. The number of aromatic hydroxyl groups is 1. The second-order valence-corrected chi connectivity index (χ2v) is 3.49. The first-order valence-corrected chi connectivity index (χ1v) is 4.64. The summed E-state index contributed by atoms with van der Waals surface area (Å²) < 4.78 is 36.0. The summed E-state index contributed by atoms with van der Waals surface area (Å²) >= 11 is 5.50. The van der Waals surface area contributed by atoms with Crippen molar-refractivity contribution in [1.82, 2.24) is 0 Å². The molecule has 5 nitrogen and oxygen atoms in total. The van der Waals surface area contributed by atoms with Crippen molar-refractivity contribution < 1.29 is 33.0 Å². The first-order chi connectivity index (χ1) is 8.12. The molecule has 0 aliphatic heterocycles. The van der Waals surface area contributed by atoms with Crippen LogP contribution in [-0.2, 0) is 4.79 Å². The highest BCUT2D eigenvalue weighted by atomic mass is 35.5. The van der Waals surface area contributed by atoms with E-state index in [0.29, 0.717) is 6.07 Å². The van der Waals surface area contributed by atoms with Crippen molar-refractivity contribution in [1.29, 1.82) is 0 Å². The minimum absolute atomic E-state index is 0.613. The average Bonchev–Trinajstić information content (AvgIpc) is 2.21. The topological polar surface area (TPSA) is 86.6 Å². The summed E-state index contributed by atoms with van der Waals surface area (Å²) in [4.78, 5) is 21.3. The van der Waals surface area contributed by atoms with Crippen molar-refractivity contribution in [2.75, 3.05) is 5.32 Å². The zero-order chi connectivity index (χ0) is 14.1. The molecule has 0 aliphatic carbocycles. The Bertz CT molecular complexity index is 515. The summed E-state index contributed by atoms with van der Waals surface area (Å²) in [5.74, 6) is -4.53. The molecule has 0 bridgehead atoms. The van der Waals surface area contributed by atoms with Crippen LogP contribution in [0, 0.1) is 0 Å². The number of benzene rings is 1. The Morgan fingerprint density at radius 3 is 2.28 bits per heavy atom. The molecule has 0 aliphatic rings. The van der Waals surface area contributed by atoms with E-state index in [1.807, 2.05) is 0 Å². The fraction of sp³-hybridized carbons (Fsp3) is 0.111. The van der Waals surface area contributed by atoms with E-state index >= 15 is 0 Å². The van der Waals surface area contributed by atoms with E-state index in [1.54, 1.807) is 0 Å². The lowest BCUT2D eigenvalue weighted by atomic mass is 10.2. The van der Waals surface area contributed by atoms with Gasteiger partial charge in [-0.25, -0.2) is 4.79 Å². The summed E-state index contributed by atoms with van der Waals surface area (Å²) in [5.41, 5.74) is -1.27. The number of carbonyl (C=O) groups excluding carboxylic acids is 1. The van der Waals surface area contributed by atoms with Gasteiger partial charge in [-0.15, -0.1) is 0 Å². The lowest BCUT2D eigenvalue weighted by molar-refractivity contribution is -0.167. The molecule has 98 valence electrons. The third-order valence-corrected chi connectivity index (χ3v) is 2.20. The van der Waals surface area contributed by atoms with Gasteiger partial charge in [0.05, 0.1) is 16.3 Å². The van der Waals surface area contributed by atoms with Crippen LogP contribution in [0.1, 0.15) is 10.4 Å². The van der Waals surface area contributed by atoms with E-state index in [2.05, 4.69) is 0 Å². The summed E-state index contributed by atoms with van der Waals surface area (Å²) in [6, 6.07) is 1.45. The molecule has 0 radical (unpaired) electrons. The summed E-state index contributed by atoms with van der Waals surface area (Å²) in [7, 11) is 0. The maximum Gasteiger partial charge on any atom is 0.471 e. The number of phenolic OH excluding ortho intramolecular Hbond substituents is 1. The van der Waals surface area contributed by atoms with Gasteiger partial charge < -0.3 is 15.5 Å². The molecule has 3 N–H and O–H groups in total. The number of alkyl halides is 3. The van der Waals surface area contributed by atoms with Crippen molar-refractivity contribution in [3.05, 3.63) is 22.7 Å². The SMILES string of the molecule is O=C(O)c1cc(O)cc(NC(=O)C(F)(F)F)c1Cl. The number of carboxylic acid groups (broad SMARTS) is 1. The smallest absolute Gasteiger partial charge is 0.471 e. The number of hydrogen-bond acceptors (Lipinski definition) is 3. The highest BCUT2D eigenvalue weighted by Crippen LogP contribution is 2.32. The Labute approximate surface area is 103 Å². The molecule has 0 unspecified atom stereocenters. The minimum Gasteiger partial charge on any atom is -0.508 e. The van der Waals surface area contributed by atoms with Crippen molar-refractivity contribution in [2.45, 2.75) is 6.18 Å². The standard InChI is InChI=1S/C9H5ClF3NO4/c10-6-4(7(16)17)1-3(15)2-5(6)14-8(18)9(11,12)13/h1-2,15H,(H,14,18)(H,16,17). The molecule has 1 aromatic rings. The fourth-order valence-electron chi connectivity index (χ4n) is 1.05. The molecule has 1 rings (SSSR count). The molecule has 18 heavy (non-hydrogen) atoms. The molecule has 0 atom stereocenters. The van der Waals surface area contributed by atoms with Crippen LogP contribution in [0.25, 0.3) is 0 Å². The number of amides is 1. The Morgan fingerprint density at radius 1 is 1.28 bits per heavy atom. The Morgan fingerprint density at radius 2 is 1.83 bits per heavy atom. The van der Waals surface area contributed by atoms with Crippen molar-refractivity contribution in [3.8, 4) is 5.75 Å². The first kappa shape index (κ1) is 14.1. The lowest BCUT2D eigenvalue weighted by Crippen LogP contribution is -2.30. The van der Waals surface area contributed by atoms with Crippen LogP contribution in [0.15, 0.2) is 12.1 Å². The van der Waals surface area contributed by atoms with E-state index < -0.39 is 40.1 Å². The van der Waals surface area contributed by atoms with Gasteiger partial charge in [0.2, 0.25) is 0 Å². The summed E-state index contributed by atoms with van der Waals surface area (Å²) in [6.07, 6.45) is -5.15. The molecular formula is C9H5ClF3NO4. The van der Waals surface area contributed by atoms with Crippen LogP contribution in [0.5, 0.6) is 5.75 Å². The monoisotopic (exact) mass is 283 g/mol. The van der Waals surface area contributed by atoms with Gasteiger partial charge in [-0.2, -0.15) is 13.2 Å². The van der Waals surface area contributed by atoms with Gasteiger partial charge in [0.15, 0.2) is 0 Å². The average molecular weight is 284 g/mol. The molecule has 0 fully saturated rings. The van der Waals surface area contributed by atoms with Crippen LogP contribution in [0.3, 0.4) is 0 Å². The lowest BCUT2D eigenvalue weighted by Gasteiger charge is -2.11. The number of phenols is 1. The maximum atomic E-state index is 12.0. The van der Waals surface area contributed by atoms with Gasteiger partial charge in [-0.1, -0.05) is 11.6 Å².